The van der Waals surface area contributed by atoms with Crippen LogP contribution in [-0.4, -0.2) is 22.6 Å². The lowest BCUT2D eigenvalue weighted by Crippen LogP contribution is -2.41. The Labute approximate surface area is 132 Å². The molecule has 2 rings (SSSR count). The summed E-state index contributed by atoms with van der Waals surface area (Å²) in [5.74, 6) is -0.329. The summed E-state index contributed by atoms with van der Waals surface area (Å²) in [6, 6.07) is 0. The van der Waals surface area contributed by atoms with Gasteiger partial charge in [-0.2, -0.15) is 0 Å². The molecule has 0 saturated heterocycles. The molecule has 124 valence electrons. The minimum Gasteiger partial charge on any atom is -0.478 e. The zero-order valence-electron chi connectivity index (χ0n) is 13.6. The van der Waals surface area contributed by atoms with Crippen molar-refractivity contribution in [2.45, 2.75) is 76.7 Å². The van der Waals surface area contributed by atoms with E-state index in [0.717, 1.165) is 56.6 Å². The molecule has 0 aliphatic heterocycles. The Balaban J connectivity index is 1.97. The Morgan fingerprint density at radius 3 is 2.32 bits per heavy atom. The summed E-state index contributed by atoms with van der Waals surface area (Å²) >= 11 is 0. The van der Waals surface area contributed by atoms with Crippen molar-refractivity contribution < 1.29 is 19.4 Å². The molecule has 1 N–H and O–H groups in total. The van der Waals surface area contributed by atoms with E-state index in [4.69, 9.17) is 9.84 Å². The van der Waals surface area contributed by atoms with Crippen LogP contribution in [0.3, 0.4) is 0 Å². The van der Waals surface area contributed by atoms with Crippen molar-refractivity contribution >= 4 is 11.9 Å². The number of hydrogen-bond acceptors (Lipinski definition) is 3. The maximum atomic E-state index is 11.9. The number of rotatable bonds is 6. The van der Waals surface area contributed by atoms with Crippen molar-refractivity contribution in [2.75, 3.05) is 0 Å². The number of ether oxygens (including phenoxy) is 1. The number of carbonyl (C=O) groups excluding carboxylic acids is 1. The highest BCUT2D eigenvalue weighted by Gasteiger charge is 2.45. The molecule has 0 amide bonds. The van der Waals surface area contributed by atoms with Crippen molar-refractivity contribution in [3.63, 3.8) is 0 Å². The van der Waals surface area contributed by atoms with Gasteiger partial charge in [0.15, 0.2) is 0 Å². The number of aliphatic carboxylic acids is 1. The van der Waals surface area contributed by atoms with Gasteiger partial charge in [0.1, 0.15) is 5.60 Å². The molecule has 2 aliphatic carbocycles. The molecule has 0 aromatic carbocycles. The van der Waals surface area contributed by atoms with E-state index in [0.29, 0.717) is 5.92 Å². The lowest BCUT2D eigenvalue weighted by molar-refractivity contribution is -0.161. The largest absolute Gasteiger partial charge is 0.478 e. The molecule has 0 aromatic heterocycles. The summed E-state index contributed by atoms with van der Waals surface area (Å²) in [5, 5.41) is 8.62. The topological polar surface area (TPSA) is 63.6 Å². The second-order valence-corrected chi connectivity index (χ2v) is 6.87. The van der Waals surface area contributed by atoms with Crippen LogP contribution in [0.5, 0.6) is 0 Å². The molecule has 0 bridgehead atoms. The third kappa shape index (κ3) is 4.34. The molecule has 0 heterocycles. The second-order valence-electron chi connectivity index (χ2n) is 6.87. The van der Waals surface area contributed by atoms with Gasteiger partial charge in [-0.15, -0.1) is 0 Å². The zero-order valence-corrected chi connectivity index (χ0v) is 13.6. The van der Waals surface area contributed by atoms with Gasteiger partial charge in [0.25, 0.3) is 0 Å². The predicted molar refractivity (Wildman–Crippen MR) is 84.4 cm³/mol. The molecule has 2 aliphatic rings. The second kappa shape index (κ2) is 7.80. The average molecular weight is 308 g/mol. The molecule has 22 heavy (non-hydrogen) atoms. The third-order valence-corrected chi connectivity index (χ3v) is 5.40. The minimum absolute atomic E-state index is 0.336. The SMILES string of the molecule is CCCC1CCC(C2(OC(=O)/C=C/C(=O)O)CCCC2)CC1. The Kier molecular flexibility index (Phi) is 6.04. The van der Waals surface area contributed by atoms with Gasteiger partial charge in [-0.05, 0) is 50.4 Å². The van der Waals surface area contributed by atoms with E-state index in [1.165, 1.54) is 25.7 Å². The van der Waals surface area contributed by atoms with E-state index in [2.05, 4.69) is 6.92 Å². The first-order valence-corrected chi connectivity index (χ1v) is 8.69. The molecule has 0 spiro atoms. The van der Waals surface area contributed by atoms with Crippen LogP contribution < -0.4 is 0 Å². The van der Waals surface area contributed by atoms with Crippen LogP contribution in [0.4, 0.5) is 0 Å². The summed E-state index contributed by atoms with van der Waals surface area (Å²) in [7, 11) is 0. The van der Waals surface area contributed by atoms with Gasteiger partial charge in [-0.1, -0.05) is 32.6 Å². The Hall–Kier alpha value is -1.32. The van der Waals surface area contributed by atoms with Gasteiger partial charge in [-0.3, -0.25) is 0 Å². The number of carboxylic acids is 1. The van der Waals surface area contributed by atoms with Crippen LogP contribution in [0.15, 0.2) is 12.2 Å². The van der Waals surface area contributed by atoms with Crippen molar-refractivity contribution in [3.05, 3.63) is 12.2 Å². The van der Waals surface area contributed by atoms with Crippen molar-refractivity contribution in [2.24, 2.45) is 11.8 Å². The molecule has 2 fully saturated rings. The lowest BCUT2D eigenvalue weighted by atomic mass is 9.71. The molecule has 2 saturated carbocycles. The first-order valence-electron chi connectivity index (χ1n) is 8.69. The number of carbonyl (C=O) groups is 2. The molecule has 0 atom stereocenters. The van der Waals surface area contributed by atoms with E-state index in [9.17, 15) is 9.59 Å². The number of carboxylic acid groups (broad SMARTS) is 1. The molecular formula is C18H28O4. The maximum absolute atomic E-state index is 11.9. The van der Waals surface area contributed by atoms with Crippen LogP contribution in [-0.2, 0) is 14.3 Å². The Morgan fingerprint density at radius 1 is 1.14 bits per heavy atom. The van der Waals surface area contributed by atoms with Gasteiger partial charge in [0.05, 0.1) is 0 Å². The summed E-state index contributed by atoms with van der Waals surface area (Å²) in [5.41, 5.74) is -0.336. The van der Waals surface area contributed by atoms with Crippen molar-refractivity contribution in [1.82, 2.24) is 0 Å². The maximum Gasteiger partial charge on any atom is 0.331 e. The van der Waals surface area contributed by atoms with E-state index in [-0.39, 0.29) is 5.60 Å². The fraction of sp³-hybridized carbons (Fsp3) is 0.778. The highest BCUT2D eigenvalue weighted by molar-refractivity contribution is 5.90. The number of hydrogen-bond donors (Lipinski definition) is 1. The summed E-state index contributed by atoms with van der Waals surface area (Å²) < 4.78 is 5.79. The fourth-order valence-corrected chi connectivity index (χ4v) is 4.33. The van der Waals surface area contributed by atoms with Gasteiger partial charge < -0.3 is 9.84 Å². The highest BCUT2D eigenvalue weighted by atomic mass is 16.6. The van der Waals surface area contributed by atoms with Gasteiger partial charge >= 0.3 is 11.9 Å². The zero-order chi connectivity index (χ0) is 16.0. The van der Waals surface area contributed by atoms with Gasteiger partial charge in [-0.25, -0.2) is 9.59 Å². The van der Waals surface area contributed by atoms with Crippen molar-refractivity contribution in [1.29, 1.82) is 0 Å². The van der Waals surface area contributed by atoms with Gasteiger partial charge in [0, 0.05) is 12.2 Å². The van der Waals surface area contributed by atoms with Crippen LogP contribution in [0.2, 0.25) is 0 Å². The first kappa shape index (κ1) is 17.0. The van der Waals surface area contributed by atoms with E-state index in [1.54, 1.807) is 0 Å². The van der Waals surface area contributed by atoms with E-state index in [1.807, 2.05) is 0 Å². The highest BCUT2D eigenvalue weighted by Crippen LogP contribution is 2.47. The Morgan fingerprint density at radius 2 is 1.77 bits per heavy atom. The minimum atomic E-state index is -1.11. The molecular weight excluding hydrogens is 280 g/mol. The fourth-order valence-electron chi connectivity index (χ4n) is 4.33. The normalized spacial score (nSPS) is 27.9. The van der Waals surface area contributed by atoms with Gasteiger partial charge in [0.2, 0.25) is 0 Å². The summed E-state index contributed by atoms with van der Waals surface area (Å²) in [6.07, 6.45) is 13.3. The molecule has 0 unspecified atom stereocenters. The third-order valence-electron chi connectivity index (χ3n) is 5.40. The summed E-state index contributed by atoms with van der Waals surface area (Å²) in [4.78, 5) is 22.5. The van der Waals surface area contributed by atoms with Crippen molar-refractivity contribution in [3.8, 4) is 0 Å². The van der Waals surface area contributed by atoms with E-state index >= 15 is 0 Å². The molecule has 4 nitrogen and oxygen atoms in total. The number of esters is 1. The summed E-state index contributed by atoms with van der Waals surface area (Å²) in [6.45, 7) is 2.24. The quantitative estimate of drug-likeness (QED) is 0.593. The lowest BCUT2D eigenvalue weighted by Gasteiger charge is -2.41. The van der Waals surface area contributed by atoms with Crippen LogP contribution in [0.1, 0.15) is 71.1 Å². The standard InChI is InChI=1S/C18H28O4/c1-2-5-14-6-8-15(9-7-14)18(12-3-4-13-18)22-17(21)11-10-16(19)20/h10-11,14-15H,2-9,12-13H2,1H3,(H,19,20)/b11-10+. The average Bonchev–Trinajstić information content (AvgIpc) is 2.96. The van der Waals surface area contributed by atoms with E-state index < -0.39 is 11.9 Å². The predicted octanol–water partition coefficient (Wildman–Crippen LogP) is 4.09. The van der Waals surface area contributed by atoms with Crippen LogP contribution in [0.25, 0.3) is 0 Å². The monoisotopic (exact) mass is 308 g/mol. The first-order chi connectivity index (χ1) is 10.6. The van der Waals surface area contributed by atoms with Crippen LogP contribution >= 0.6 is 0 Å². The molecule has 0 radical (unpaired) electrons. The van der Waals surface area contributed by atoms with Crippen LogP contribution in [0, 0.1) is 11.8 Å². The molecule has 0 aromatic rings. The molecule has 4 heteroatoms. The Bertz CT molecular complexity index is 413. The smallest absolute Gasteiger partial charge is 0.331 e.